The molecule has 1 aliphatic heterocycles. The molecule has 0 saturated carbocycles. The molecule has 3 rings (SSSR count). The van der Waals surface area contributed by atoms with Crippen LogP contribution in [0.2, 0.25) is 0 Å². The normalized spacial score (nSPS) is 15.8. The van der Waals surface area contributed by atoms with Crippen LogP contribution in [0.4, 0.5) is 5.69 Å². The Balaban J connectivity index is 1.99. The molecule has 0 spiro atoms. The summed E-state index contributed by atoms with van der Waals surface area (Å²) in [6.07, 6.45) is 1.82. The van der Waals surface area contributed by atoms with E-state index >= 15 is 0 Å². The summed E-state index contributed by atoms with van der Waals surface area (Å²) in [6, 6.07) is 17.2. The van der Waals surface area contributed by atoms with Crippen LogP contribution in [-0.2, 0) is 4.79 Å². The lowest BCUT2D eigenvalue weighted by molar-refractivity contribution is -0.113. The van der Waals surface area contributed by atoms with Crippen molar-refractivity contribution >= 4 is 34.6 Å². The molecule has 24 heavy (non-hydrogen) atoms. The summed E-state index contributed by atoms with van der Waals surface area (Å²) in [4.78, 5) is 19.1. The van der Waals surface area contributed by atoms with Crippen molar-refractivity contribution in [2.45, 2.75) is 6.92 Å². The van der Waals surface area contributed by atoms with Crippen LogP contribution in [0.15, 0.2) is 65.3 Å². The van der Waals surface area contributed by atoms with Gasteiger partial charge in [0.05, 0.1) is 12.8 Å². The number of ether oxygens (including phenoxy) is 1. The topological polar surface area (TPSA) is 41.9 Å². The summed E-state index contributed by atoms with van der Waals surface area (Å²) in [7, 11) is 1.61. The van der Waals surface area contributed by atoms with Gasteiger partial charge in [0, 0.05) is 6.07 Å². The van der Waals surface area contributed by atoms with Crippen LogP contribution < -0.4 is 9.64 Å². The van der Waals surface area contributed by atoms with Gasteiger partial charge in [0.1, 0.15) is 11.4 Å². The number of amides is 1. The Hall–Kier alpha value is -2.53. The van der Waals surface area contributed by atoms with Crippen LogP contribution in [0.1, 0.15) is 12.5 Å². The van der Waals surface area contributed by atoms with Crippen LogP contribution >= 0.6 is 11.8 Å². The summed E-state index contributed by atoms with van der Waals surface area (Å²) in [5, 5.41) is 0.693. The average molecular weight is 338 g/mol. The van der Waals surface area contributed by atoms with E-state index in [-0.39, 0.29) is 5.91 Å². The number of hydrogen-bond donors (Lipinski definition) is 0. The van der Waals surface area contributed by atoms with Gasteiger partial charge in [0.2, 0.25) is 0 Å². The van der Waals surface area contributed by atoms with Crippen LogP contribution in [-0.4, -0.2) is 23.9 Å². The van der Waals surface area contributed by atoms with E-state index < -0.39 is 0 Å². The molecule has 2 aromatic carbocycles. The zero-order valence-electron chi connectivity index (χ0n) is 13.6. The predicted molar refractivity (Wildman–Crippen MR) is 100 cm³/mol. The zero-order chi connectivity index (χ0) is 16.9. The average Bonchev–Trinajstić information content (AvgIpc) is 2.91. The molecule has 1 amide bonds. The highest BCUT2D eigenvalue weighted by molar-refractivity contribution is 8.14. The maximum Gasteiger partial charge on any atom is 0.283 e. The minimum atomic E-state index is -0.122. The third-order valence-electron chi connectivity index (χ3n) is 3.52. The van der Waals surface area contributed by atoms with Crippen LogP contribution in [0.5, 0.6) is 5.75 Å². The molecule has 0 fully saturated rings. The standard InChI is InChI=1S/C19H18N2O2S/c1-3-24-19-20-17(12-14-8-5-4-6-9-14)18(22)21(19)15-10-7-11-16(13-15)23-2/h4-13H,3H2,1-2H3. The van der Waals surface area contributed by atoms with Crippen LogP contribution in [0.25, 0.3) is 6.08 Å². The lowest BCUT2D eigenvalue weighted by atomic mass is 10.2. The number of rotatable bonds is 4. The summed E-state index contributed by atoms with van der Waals surface area (Å²) >= 11 is 1.55. The van der Waals surface area contributed by atoms with Gasteiger partial charge >= 0.3 is 0 Å². The monoisotopic (exact) mass is 338 g/mol. The van der Waals surface area contributed by atoms with Crippen molar-refractivity contribution in [3.8, 4) is 5.75 Å². The Morgan fingerprint density at radius 3 is 2.67 bits per heavy atom. The number of carbonyl (C=O) groups is 1. The SMILES string of the molecule is CCSC1=NC(=Cc2ccccc2)C(=O)N1c1cccc(OC)c1. The molecule has 122 valence electrons. The van der Waals surface area contributed by atoms with E-state index in [9.17, 15) is 4.79 Å². The lowest BCUT2D eigenvalue weighted by Crippen LogP contribution is -2.30. The Kier molecular flexibility index (Phi) is 5.01. The smallest absolute Gasteiger partial charge is 0.283 e. The molecule has 0 radical (unpaired) electrons. The third kappa shape index (κ3) is 3.36. The van der Waals surface area contributed by atoms with Crippen molar-refractivity contribution in [2.75, 3.05) is 17.8 Å². The second kappa shape index (κ2) is 7.36. The minimum absolute atomic E-state index is 0.122. The molecule has 1 aliphatic rings. The van der Waals surface area contributed by atoms with Crippen LogP contribution in [0, 0.1) is 0 Å². The van der Waals surface area contributed by atoms with E-state index in [0.29, 0.717) is 16.6 Å². The molecular formula is C19H18N2O2S. The summed E-state index contributed by atoms with van der Waals surface area (Å²) in [6.45, 7) is 2.04. The van der Waals surface area contributed by atoms with Gasteiger partial charge in [0.25, 0.3) is 5.91 Å². The number of aliphatic imine (C=N–C) groups is 1. The van der Waals surface area contributed by atoms with Gasteiger partial charge in [0.15, 0.2) is 5.17 Å². The number of anilines is 1. The Morgan fingerprint density at radius 1 is 1.17 bits per heavy atom. The highest BCUT2D eigenvalue weighted by Crippen LogP contribution is 2.31. The molecule has 0 unspecified atom stereocenters. The fraction of sp³-hybridized carbons (Fsp3) is 0.158. The highest BCUT2D eigenvalue weighted by Gasteiger charge is 2.31. The number of benzene rings is 2. The highest BCUT2D eigenvalue weighted by atomic mass is 32.2. The Morgan fingerprint density at radius 2 is 1.96 bits per heavy atom. The molecule has 0 aromatic heterocycles. The number of amidine groups is 1. The zero-order valence-corrected chi connectivity index (χ0v) is 14.4. The van der Waals surface area contributed by atoms with Gasteiger partial charge in [-0.2, -0.15) is 0 Å². The summed E-state index contributed by atoms with van der Waals surface area (Å²) in [5.41, 5.74) is 2.16. The van der Waals surface area contributed by atoms with Crippen molar-refractivity contribution in [2.24, 2.45) is 4.99 Å². The predicted octanol–water partition coefficient (Wildman–Crippen LogP) is 4.19. The molecule has 5 heteroatoms. The number of carbonyl (C=O) groups excluding carboxylic acids is 1. The van der Waals surface area contributed by atoms with Gasteiger partial charge in [-0.15, -0.1) is 0 Å². The first-order valence-electron chi connectivity index (χ1n) is 7.69. The second-order valence-electron chi connectivity index (χ2n) is 5.11. The van der Waals surface area contributed by atoms with Crippen molar-refractivity contribution in [3.05, 3.63) is 65.9 Å². The summed E-state index contributed by atoms with van der Waals surface area (Å²) in [5.74, 6) is 1.43. The molecule has 1 heterocycles. The van der Waals surface area contributed by atoms with E-state index in [1.165, 1.54) is 0 Å². The van der Waals surface area contributed by atoms with Gasteiger partial charge in [-0.05, 0) is 29.5 Å². The van der Waals surface area contributed by atoms with E-state index in [4.69, 9.17) is 4.74 Å². The summed E-state index contributed by atoms with van der Waals surface area (Å²) < 4.78 is 5.27. The maximum absolute atomic E-state index is 12.9. The fourth-order valence-corrected chi connectivity index (χ4v) is 3.15. The molecule has 0 saturated heterocycles. The first-order valence-corrected chi connectivity index (χ1v) is 8.68. The Bertz CT molecular complexity index is 800. The lowest BCUT2D eigenvalue weighted by Gasteiger charge is -2.18. The molecule has 2 aromatic rings. The van der Waals surface area contributed by atoms with Gasteiger partial charge in [-0.25, -0.2) is 4.99 Å². The number of hydrogen-bond acceptors (Lipinski definition) is 4. The largest absolute Gasteiger partial charge is 0.497 e. The van der Waals surface area contributed by atoms with E-state index in [0.717, 1.165) is 17.0 Å². The first-order chi connectivity index (χ1) is 11.7. The molecule has 4 nitrogen and oxygen atoms in total. The Labute approximate surface area is 145 Å². The molecular weight excluding hydrogens is 320 g/mol. The minimum Gasteiger partial charge on any atom is -0.497 e. The molecule has 0 bridgehead atoms. The first kappa shape index (κ1) is 16.3. The second-order valence-corrected chi connectivity index (χ2v) is 6.34. The molecule has 0 atom stereocenters. The molecule has 0 aliphatic carbocycles. The fourth-order valence-electron chi connectivity index (χ4n) is 2.41. The van der Waals surface area contributed by atoms with Crippen molar-refractivity contribution in [1.82, 2.24) is 0 Å². The van der Waals surface area contributed by atoms with E-state index in [2.05, 4.69) is 4.99 Å². The maximum atomic E-state index is 12.9. The van der Waals surface area contributed by atoms with Crippen molar-refractivity contribution in [1.29, 1.82) is 0 Å². The van der Waals surface area contributed by atoms with E-state index in [1.54, 1.807) is 23.8 Å². The van der Waals surface area contributed by atoms with Gasteiger partial charge < -0.3 is 4.74 Å². The number of thioether (sulfide) groups is 1. The quantitative estimate of drug-likeness (QED) is 0.785. The van der Waals surface area contributed by atoms with Crippen LogP contribution in [0.3, 0.4) is 0 Å². The molecule has 0 N–H and O–H groups in total. The van der Waals surface area contributed by atoms with Crippen molar-refractivity contribution in [3.63, 3.8) is 0 Å². The van der Waals surface area contributed by atoms with Gasteiger partial charge in [-0.1, -0.05) is 55.1 Å². The number of nitrogens with zero attached hydrogens (tertiary/aromatic N) is 2. The third-order valence-corrected chi connectivity index (χ3v) is 4.34. The van der Waals surface area contributed by atoms with Gasteiger partial charge in [-0.3, -0.25) is 9.69 Å². The van der Waals surface area contributed by atoms with Crippen molar-refractivity contribution < 1.29 is 9.53 Å². The number of methoxy groups -OCH3 is 1. The van der Waals surface area contributed by atoms with E-state index in [1.807, 2.05) is 67.6 Å².